The van der Waals surface area contributed by atoms with Gasteiger partial charge in [0, 0.05) is 31.2 Å². The van der Waals surface area contributed by atoms with E-state index in [1.54, 1.807) is 0 Å². The van der Waals surface area contributed by atoms with Crippen molar-refractivity contribution in [3.05, 3.63) is 34.9 Å². The van der Waals surface area contributed by atoms with E-state index in [9.17, 15) is 8.42 Å². The molecule has 1 aromatic carbocycles. The molecular weight excluding hydrogens is 473 g/mol. The summed E-state index contributed by atoms with van der Waals surface area (Å²) < 4.78 is 23.2. The van der Waals surface area contributed by atoms with Crippen molar-refractivity contribution in [3.63, 3.8) is 0 Å². The van der Waals surface area contributed by atoms with Crippen LogP contribution in [0.15, 0.2) is 29.3 Å². The smallest absolute Gasteiger partial charge is 0.194 e. The van der Waals surface area contributed by atoms with Crippen LogP contribution in [0.2, 0.25) is 5.02 Å². The Morgan fingerprint density at radius 1 is 1.36 bits per heavy atom. The van der Waals surface area contributed by atoms with Gasteiger partial charge in [-0.1, -0.05) is 23.7 Å². The molecule has 2 rings (SSSR count). The molecule has 0 bridgehead atoms. The first-order valence-corrected chi connectivity index (χ1v) is 10.4. The fraction of sp³-hybridized carbons (Fsp3) is 0.588. The van der Waals surface area contributed by atoms with Gasteiger partial charge >= 0.3 is 0 Å². The highest BCUT2D eigenvalue weighted by atomic mass is 127. The van der Waals surface area contributed by atoms with Gasteiger partial charge in [-0.05, 0) is 43.9 Å². The van der Waals surface area contributed by atoms with Crippen molar-refractivity contribution in [3.8, 4) is 0 Å². The molecule has 0 aliphatic carbocycles. The maximum absolute atomic E-state index is 11.6. The molecule has 0 aromatic heterocycles. The Morgan fingerprint density at radius 3 is 2.52 bits per heavy atom. The molecule has 0 amide bonds. The summed E-state index contributed by atoms with van der Waals surface area (Å²) in [5.41, 5.74) is 1.14. The number of halogens is 2. The van der Waals surface area contributed by atoms with Crippen molar-refractivity contribution in [2.24, 2.45) is 10.9 Å². The number of nitrogens with zero attached hydrogens (tertiary/aromatic N) is 2. The highest BCUT2D eigenvalue weighted by Gasteiger charge is 2.27. The number of hydrogen-bond acceptors (Lipinski definition) is 3. The average Bonchev–Trinajstić information content (AvgIpc) is 2.84. The molecule has 142 valence electrons. The average molecular weight is 500 g/mol. The predicted octanol–water partition coefficient (Wildman–Crippen LogP) is 3.18. The minimum Gasteiger partial charge on any atom is -0.354 e. The Hall–Kier alpha value is -0.540. The van der Waals surface area contributed by atoms with Gasteiger partial charge in [0.25, 0.3) is 0 Å². The van der Waals surface area contributed by atoms with Crippen LogP contribution in [0.1, 0.15) is 25.8 Å². The van der Waals surface area contributed by atoms with Crippen LogP contribution < -0.4 is 5.32 Å². The molecule has 0 radical (unpaired) electrons. The monoisotopic (exact) mass is 499 g/mol. The molecule has 1 N–H and O–H groups in total. The lowest BCUT2D eigenvalue weighted by atomic mass is 10.1. The maximum Gasteiger partial charge on any atom is 0.194 e. The topological polar surface area (TPSA) is 61.8 Å². The maximum atomic E-state index is 11.6. The van der Waals surface area contributed by atoms with Crippen LogP contribution in [0.5, 0.6) is 0 Å². The predicted molar refractivity (Wildman–Crippen MR) is 116 cm³/mol. The van der Waals surface area contributed by atoms with E-state index in [1.807, 2.05) is 36.2 Å². The summed E-state index contributed by atoms with van der Waals surface area (Å²) in [4.78, 5) is 6.71. The zero-order chi connectivity index (χ0) is 17.7. The molecule has 1 fully saturated rings. The summed E-state index contributed by atoms with van der Waals surface area (Å²) in [7, 11) is -0.875. The first kappa shape index (κ1) is 22.5. The molecular formula is C17H27ClIN3O2S. The molecule has 1 atom stereocenters. The minimum atomic E-state index is -2.86. The molecule has 8 heteroatoms. The lowest BCUT2D eigenvalue weighted by molar-refractivity contribution is 0.462. The Labute approximate surface area is 173 Å². The van der Waals surface area contributed by atoms with E-state index >= 15 is 0 Å². The van der Waals surface area contributed by atoms with Crippen molar-refractivity contribution < 1.29 is 8.42 Å². The zero-order valence-corrected chi connectivity index (χ0v) is 18.8. The SMILES string of the molecule is CC(C)NC(=NCC1CCS(=O)(=O)C1)N(C)Cc1ccc(Cl)cc1.I. The number of aliphatic imine (C=N–C) groups is 1. The van der Waals surface area contributed by atoms with E-state index < -0.39 is 9.84 Å². The minimum absolute atomic E-state index is 0. The molecule has 1 aromatic rings. The third kappa shape index (κ3) is 7.70. The van der Waals surface area contributed by atoms with Gasteiger partial charge in [-0.2, -0.15) is 0 Å². The van der Waals surface area contributed by atoms with Crippen molar-refractivity contribution in [2.75, 3.05) is 25.1 Å². The number of hydrogen-bond donors (Lipinski definition) is 1. The molecule has 1 aliphatic heterocycles. The Kier molecular flexibility index (Phi) is 8.97. The highest BCUT2D eigenvalue weighted by Crippen LogP contribution is 2.18. The van der Waals surface area contributed by atoms with Gasteiger partial charge in [-0.3, -0.25) is 4.99 Å². The van der Waals surface area contributed by atoms with E-state index in [1.165, 1.54) is 0 Å². The summed E-state index contributed by atoms with van der Waals surface area (Å²) in [5, 5.41) is 4.08. The van der Waals surface area contributed by atoms with Crippen LogP contribution >= 0.6 is 35.6 Å². The first-order valence-electron chi connectivity index (χ1n) is 8.22. The second kappa shape index (κ2) is 9.97. The number of sulfone groups is 1. The Balaban J connectivity index is 0.00000312. The largest absolute Gasteiger partial charge is 0.354 e. The van der Waals surface area contributed by atoms with Crippen LogP contribution in [0.25, 0.3) is 0 Å². The number of nitrogens with one attached hydrogen (secondary N) is 1. The van der Waals surface area contributed by atoms with Gasteiger partial charge in [-0.15, -0.1) is 24.0 Å². The van der Waals surface area contributed by atoms with Crippen LogP contribution in [-0.4, -0.2) is 50.4 Å². The van der Waals surface area contributed by atoms with Gasteiger partial charge in [0.2, 0.25) is 0 Å². The molecule has 5 nitrogen and oxygen atoms in total. The lowest BCUT2D eigenvalue weighted by Gasteiger charge is -2.25. The second-order valence-electron chi connectivity index (χ2n) is 6.71. The molecule has 25 heavy (non-hydrogen) atoms. The van der Waals surface area contributed by atoms with E-state index in [-0.39, 0.29) is 41.7 Å². The van der Waals surface area contributed by atoms with Crippen molar-refractivity contribution in [1.29, 1.82) is 0 Å². The third-order valence-corrected chi connectivity index (χ3v) is 6.03. The fourth-order valence-electron chi connectivity index (χ4n) is 2.70. The molecule has 0 spiro atoms. The summed E-state index contributed by atoms with van der Waals surface area (Å²) in [6.45, 7) is 5.37. The van der Waals surface area contributed by atoms with Gasteiger partial charge in [-0.25, -0.2) is 8.42 Å². The molecule has 0 saturated carbocycles. The van der Waals surface area contributed by atoms with Crippen molar-refractivity contribution in [2.45, 2.75) is 32.9 Å². The van der Waals surface area contributed by atoms with E-state index in [4.69, 9.17) is 11.6 Å². The van der Waals surface area contributed by atoms with Gasteiger partial charge in [0.1, 0.15) is 0 Å². The van der Waals surface area contributed by atoms with Gasteiger partial charge < -0.3 is 10.2 Å². The molecule has 1 heterocycles. The second-order valence-corrected chi connectivity index (χ2v) is 9.38. The van der Waals surface area contributed by atoms with E-state index in [2.05, 4.69) is 24.2 Å². The van der Waals surface area contributed by atoms with Crippen LogP contribution in [0, 0.1) is 5.92 Å². The fourth-order valence-corrected chi connectivity index (χ4v) is 4.68. The van der Waals surface area contributed by atoms with Crippen molar-refractivity contribution >= 4 is 51.4 Å². The standard InChI is InChI=1S/C17H26ClN3O2S.HI/c1-13(2)20-17(19-10-15-8-9-24(22,23)12-15)21(3)11-14-4-6-16(18)7-5-14;/h4-7,13,15H,8-12H2,1-3H3,(H,19,20);1H. The Morgan fingerprint density at radius 2 is 2.00 bits per heavy atom. The quantitative estimate of drug-likeness (QED) is 0.384. The van der Waals surface area contributed by atoms with Crippen LogP contribution in [-0.2, 0) is 16.4 Å². The third-order valence-electron chi connectivity index (χ3n) is 3.94. The van der Waals surface area contributed by atoms with E-state index in [0.717, 1.165) is 16.5 Å². The van der Waals surface area contributed by atoms with Gasteiger partial charge in [0.05, 0.1) is 11.5 Å². The van der Waals surface area contributed by atoms with Crippen LogP contribution in [0.4, 0.5) is 0 Å². The van der Waals surface area contributed by atoms with Gasteiger partial charge in [0.15, 0.2) is 15.8 Å². The molecule has 1 aliphatic rings. The summed E-state index contributed by atoms with van der Waals surface area (Å²) in [5.74, 6) is 1.47. The lowest BCUT2D eigenvalue weighted by Crippen LogP contribution is -2.42. The van der Waals surface area contributed by atoms with Crippen LogP contribution in [0.3, 0.4) is 0 Å². The van der Waals surface area contributed by atoms with E-state index in [0.29, 0.717) is 25.3 Å². The molecule has 1 saturated heterocycles. The zero-order valence-electron chi connectivity index (χ0n) is 14.9. The summed E-state index contributed by atoms with van der Waals surface area (Å²) >= 11 is 5.93. The Bertz CT molecular complexity index is 678. The normalized spacial score (nSPS) is 19.6. The summed E-state index contributed by atoms with van der Waals surface area (Å²) in [6.07, 6.45) is 0.710. The summed E-state index contributed by atoms with van der Waals surface area (Å²) in [6, 6.07) is 8.00. The number of benzene rings is 1. The number of guanidine groups is 1. The van der Waals surface area contributed by atoms with Crippen molar-refractivity contribution in [1.82, 2.24) is 10.2 Å². The highest BCUT2D eigenvalue weighted by molar-refractivity contribution is 14.0. The molecule has 1 unspecified atom stereocenters. The first-order chi connectivity index (χ1) is 11.2. The number of rotatable bonds is 5.